The number of carbonyl (C=O) groups is 3. The Morgan fingerprint density at radius 2 is 1.65 bits per heavy atom. The van der Waals surface area contributed by atoms with Gasteiger partial charge in [-0.2, -0.15) is 0 Å². The van der Waals surface area contributed by atoms with Gasteiger partial charge < -0.3 is 20.3 Å². The van der Waals surface area contributed by atoms with Gasteiger partial charge in [-0.25, -0.2) is 0 Å². The van der Waals surface area contributed by atoms with E-state index in [1.165, 1.54) is 0 Å². The molecule has 164 valence electrons. The zero-order chi connectivity index (χ0) is 22.2. The van der Waals surface area contributed by atoms with Crippen molar-refractivity contribution in [1.82, 2.24) is 4.90 Å². The summed E-state index contributed by atoms with van der Waals surface area (Å²) in [4.78, 5) is 38.8. The minimum Gasteiger partial charge on any atom is -0.494 e. The van der Waals surface area contributed by atoms with Gasteiger partial charge in [0, 0.05) is 36.4 Å². The number of benzene rings is 2. The molecular formula is C24H29N3O4. The van der Waals surface area contributed by atoms with Gasteiger partial charge in [0.1, 0.15) is 5.75 Å². The number of hydrogen-bond acceptors (Lipinski definition) is 4. The Balaban J connectivity index is 1.53. The number of nitrogens with zero attached hydrogens (tertiary/aromatic N) is 1. The molecule has 0 saturated carbocycles. The van der Waals surface area contributed by atoms with Gasteiger partial charge >= 0.3 is 0 Å². The van der Waals surface area contributed by atoms with E-state index in [0.717, 1.165) is 18.6 Å². The van der Waals surface area contributed by atoms with E-state index in [4.69, 9.17) is 4.74 Å². The number of ether oxygens (including phenoxy) is 1. The van der Waals surface area contributed by atoms with Crippen LogP contribution in [0, 0.1) is 5.92 Å². The first kappa shape index (κ1) is 22.3. The molecule has 0 bridgehead atoms. The Kier molecular flexibility index (Phi) is 7.65. The van der Waals surface area contributed by atoms with E-state index in [0.29, 0.717) is 36.6 Å². The van der Waals surface area contributed by atoms with Crippen molar-refractivity contribution in [2.75, 3.05) is 30.3 Å². The highest BCUT2D eigenvalue weighted by Crippen LogP contribution is 2.21. The lowest BCUT2D eigenvalue weighted by Gasteiger charge is -2.16. The molecule has 0 unspecified atom stereocenters. The van der Waals surface area contributed by atoms with Crippen LogP contribution < -0.4 is 15.4 Å². The predicted octanol–water partition coefficient (Wildman–Crippen LogP) is 3.92. The van der Waals surface area contributed by atoms with Crippen LogP contribution in [0.1, 0.15) is 43.5 Å². The van der Waals surface area contributed by atoms with Crippen molar-refractivity contribution in [3.8, 4) is 5.75 Å². The summed E-state index contributed by atoms with van der Waals surface area (Å²) in [5.41, 5.74) is 1.75. The lowest BCUT2D eigenvalue weighted by atomic mass is 10.1. The van der Waals surface area contributed by atoms with Crippen LogP contribution in [0.5, 0.6) is 5.75 Å². The Hall–Kier alpha value is -3.35. The maximum Gasteiger partial charge on any atom is 0.255 e. The summed E-state index contributed by atoms with van der Waals surface area (Å²) >= 11 is 0. The summed E-state index contributed by atoms with van der Waals surface area (Å²) < 4.78 is 5.39. The van der Waals surface area contributed by atoms with Crippen LogP contribution >= 0.6 is 0 Å². The second-order valence-corrected chi connectivity index (χ2v) is 7.57. The van der Waals surface area contributed by atoms with E-state index >= 15 is 0 Å². The van der Waals surface area contributed by atoms with Gasteiger partial charge in [0.25, 0.3) is 5.91 Å². The molecule has 1 fully saturated rings. The predicted molar refractivity (Wildman–Crippen MR) is 120 cm³/mol. The number of hydrogen-bond donors (Lipinski definition) is 2. The molecular weight excluding hydrogens is 394 g/mol. The van der Waals surface area contributed by atoms with E-state index < -0.39 is 0 Å². The van der Waals surface area contributed by atoms with E-state index in [2.05, 4.69) is 17.6 Å². The van der Waals surface area contributed by atoms with E-state index in [1.54, 1.807) is 53.4 Å². The third-order valence-corrected chi connectivity index (χ3v) is 5.20. The quantitative estimate of drug-likeness (QED) is 0.640. The van der Waals surface area contributed by atoms with E-state index in [-0.39, 0.29) is 30.1 Å². The molecule has 7 nitrogen and oxygen atoms in total. The van der Waals surface area contributed by atoms with Gasteiger partial charge in [-0.3, -0.25) is 14.4 Å². The first-order chi connectivity index (χ1) is 15.0. The lowest BCUT2D eigenvalue weighted by Crippen LogP contribution is -2.29. The lowest BCUT2D eigenvalue weighted by molar-refractivity contribution is -0.128. The maximum atomic E-state index is 12.5. The second kappa shape index (κ2) is 10.6. The van der Waals surface area contributed by atoms with Gasteiger partial charge in [0.05, 0.1) is 12.5 Å². The average molecular weight is 424 g/mol. The molecule has 0 aliphatic carbocycles. The third kappa shape index (κ3) is 6.07. The van der Waals surface area contributed by atoms with Crippen LogP contribution in [0.3, 0.4) is 0 Å². The number of rotatable bonds is 9. The van der Waals surface area contributed by atoms with Crippen molar-refractivity contribution in [3.05, 3.63) is 54.1 Å². The molecule has 7 heteroatoms. The molecule has 2 aromatic rings. The number of carbonyl (C=O) groups excluding carboxylic acids is 3. The minimum absolute atomic E-state index is 0.0370. The van der Waals surface area contributed by atoms with Gasteiger partial charge in [-0.1, -0.05) is 13.3 Å². The Bertz CT molecular complexity index is 909. The van der Waals surface area contributed by atoms with Crippen LogP contribution in [0.4, 0.5) is 11.4 Å². The molecule has 2 aromatic carbocycles. The molecule has 31 heavy (non-hydrogen) atoms. The smallest absolute Gasteiger partial charge is 0.255 e. The monoisotopic (exact) mass is 423 g/mol. The number of likely N-dealkylation sites (tertiary alicyclic amines) is 1. The Morgan fingerprint density at radius 3 is 2.29 bits per heavy atom. The van der Waals surface area contributed by atoms with Crippen LogP contribution in [0.2, 0.25) is 0 Å². The standard InChI is InChI=1S/C24H29N3O4/c1-3-5-14-27-16-18(15-22(27)28)24(30)26-19-8-6-17(7-9-19)23(29)25-20-10-12-21(13-11-20)31-4-2/h6-13,18H,3-5,14-16H2,1-2H3,(H,25,29)(H,26,30)/t18-/m0/s1. The first-order valence-corrected chi connectivity index (χ1v) is 10.7. The average Bonchev–Trinajstić information content (AvgIpc) is 3.15. The molecule has 1 atom stereocenters. The second-order valence-electron chi connectivity index (χ2n) is 7.57. The van der Waals surface area contributed by atoms with Gasteiger partial charge in [-0.05, 0) is 61.9 Å². The fraction of sp³-hybridized carbons (Fsp3) is 0.375. The Labute approximate surface area is 182 Å². The Morgan fingerprint density at radius 1 is 1.00 bits per heavy atom. The number of anilines is 2. The van der Waals surface area contributed by atoms with Crippen molar-refractivity contribution in [1.29, 1.82) is 0 Å². The topological polar surface area (TPSA) is 87.7 Å². The van der Waals surface area contributed by atoms with Crippen molar-refractivity contribution < 1.29 is 19.1 Å². The largest absolute Gasteiger partial charge is 0.494 e. The van der Waals surface area contributed by atoms with Crippen LogP contribution in [0.25, 0.3) is 0 Å². The summed E-state index contributed by atoms with van der Waals surface area (Å²) in [5.74, 6) is 0.0360. The fourth-order valence-corrected chi connectivity index (χ4v) is 3.47. The molecule has 3 amide bonds. The molecule has 1 saturated heterocycles. The maximum absolute atomic E-state index is 12.5. The van der Waals surface area contributed by atoms with Crippen LogP contribution in [-0.2, 0) is 9.59 Å². The number of nitrogens with one attached hydrogen (secondary N) is 2. The molecule has 1 heterocycles. The zero-order valence-electron chi connectivity index (χ0n) is 18.0. The highest BCUT2D eigenvalue weighted by Gasteiger charge is 2.33. The highest BCUT2D eigenvalue weighted by molar-refractivity contribution is 6.05. The highest BCUT2D eigenvalue weighted by atomic mass is 16.5. The number of amides is 3. The third-order valence-electron chi connectivity index (χ3n) is 5.20. The number of unbranched alkanes of at least 4 members (excludes halogenated alkanes) is 1. The van der Waals surface area contributed by atoms with Crippen LogP contribution in [0.15, 0.2) is 48.5 Å². The van der Waals surface area contributed by atoms with Crippen LogP contribution in [-0.4, -0.2) is 42.3 Å². The van der Waals surface area contributed by atoms with Gasteiger partial charge in [0.2, 0.25) is 11.8 Å². The molecule has 0 aromatic heterocycles. The molecule has 2 N–H and O–H groups in total. The summed E-state index contributed by atoms with van der Waals surface area (Å²) in [5, 5.41) is 5.69. The van der Waals surface area contributed by atoms with Crippen molar-refractivity contribution in [2.45, 2.75) is 33.1 Å². The van der Waals surface area contributed by atoms with E-state index in [9.17, 15) is 14.4 Å². The molecule has 1 aliphatic rings. The molecule has 0 spiro atoms. The van der Waals surface area contributed by atoms with Crippen molar-refractivity contribution >= 4 is 29.1 Å². The summed E-state index contributed by atoms with van der Waals surface area (Å²) in [6.07, 6.45) is 2.21. The van der Waals surface area contributed by atoms with Gasteiger partial charge in [0.15, 0.2) is 0 Å². The van der Waals surface area contributed by atoms with Gasteiger partial charge in [-0.15, -0.1) is 0 Å². The summed E-state index contributed by atoms with van der Waals surface area (Å²) in [7, 11) is 0. The first-order valence-electron chi connectivity index (χ1n) is 10.7. The SMILES string of the molecule is CCCCN1C[C@@H](C(=O)Nc2ccc(C(=O)Nc3ccc(OCC)cc3)cc2)CC1=O. The van der Waals surface area contributed by atoms with Crippen molar-refractivity contribution in [3.63, 3.8) is 0 Å². The fourth-order valence-electron chi connectivity index (χ4n) is 3.47. The van der Waals surface area contributed by atoms with Crippen molar-refractivity contribution in [2.24, 2.45) is 5.92 Å². The molecule has 0 radical (unpaired) electrons. The van der Waals surface area contributed by atoms with E-state index in [1.807, 2.05) is 6.92 Å². The molecule has 3 rings (SSSR count). The minimum atomic E-state index is -0.341. The summed E-state index contributed by atoms with van der Waals surface area (Å²) in [6.45, 7) is 5.75. The zero-order valence-corrected chi connectivity index (χ0v) is 18.0. The summed E-state index contributed by atoms with van der Waals surface area (Å²) in [6, 6.07) is 13.9. The molecule has 1 aliphatic heterocycles. The normalized spacial score (nSPS) is 15.6.